The van der Waals surface area contributed by atoms with Crippen LogP contribution in [0.15, 0.2) is 42.5 Å². The van der Waals surface area contributed by atoms with Crippen molar-refractivity contribution in [3.63, 3.8) is 0 Å². The van der Waals surface area contributed by atoms with E-state index in [0.717, 1.165) is 17.9 Å². The molecule has 0 bridgehead atoms. The lowest BCUT2D eigenvalue weighted by Gasteiger charge is -2.17. The van der Waals surface area contributed by atoms with E-state index in [-0.39, 0.29) is 0 Å². The lowest BCUT2D eigenvalue weighted by Crippen LogP contribution is -2.02. The molecule has 0 spiro atoms. The van der Waals surface area contributed by atoms with E-state index < -0.39 is 0 Å². The summed E-state index contributed by atoms with van der Waals surface area (Å²) < 4.78 is 5.84. The molecule has 20 heavy (non-hydrogen) atoms. The summed E-state index contributed by atoms with van der Waals surface area (Å²) in [5.74, 6) is 1.60. The smallest absolute Gasteiger partial charge is 0.146 e. The summed E-state index contributed by atoms with van der Waals surface area (Å²) >= 11 is 6.09. The zero-order valence-electron chi connectivity index (χ0n) is 11.7. The van der Waals surface area contributed by atoms with Crippen LogP contribution >= 0.6 is 11.6 Å². The molecule has 0 radical (unpaired) electrons. The van der Waals surface area contributed by atoms with Crippen LogP contribution in [0, 0.1) is 0 Å². The first-order chi connectivity index (χ1) is 9.83. The molecule has 0 saturated carbocycles. The van der Waals surface area contributed by atoms with Crippen LogP contribution in [0.25, 0.3) is 0 Å². The first kappa shape index (κ1) is 14.9. The Hall–Kier alpha value is -1.51. The molecule has 2 N–H and O–H groups in total. The maximum absolute atomic E-state index is 6.09. The van der Waals surface area contributed by atoms with Crippen molar-refractivity contribution in [3.05, 3.63) is 58.6 Å². The molecular formula is C17H20ClNO. The number of hydrogen-bond donors (Lipinski definition) is 1. The quantitative estimate of drug-likeness (QED) is 0.878. The second-order valence-corrected chi connectivity index (χ2v) is 5.08. The van der Waals surface area contributed by atoms with E-state index in [1.54, 1.807) is 0 Å². The van der Waals surface area contributed by atoms with Crippen LogP contribution < -0.4 is 10.5 Å². The van der Waals surface area contributed by atoms with E-state index in [4.69, 9.17) is 16.3 Å². The van der Waals surface area contributed by atoms with Gasteiger partial charge in [-0.2, -0.15) is 0 Å². The van der Waals surface area contributed by atoms with Gasteiger partial charge >= 0.3 is 0 Å². The molecule has 0 fully saturated rings. The van der Waals surface area contributed by atoms with Crippen LogP contribution in [0.5, 0.6) is 11.5 Å². The first-order valence-corrected chi connectivity index (χ1v) is 7.33. The summed E-state index contributed by atoms with van der Waals surface area (Å²) in [5.41, 5.74) is 7.39. The molecule has 0 heterocycles. The predicted molar refractivity (Wildman–Crippen MR) is 84.7 cm³/mol. The number of hydrogen-bond acceptors (Lipinski definition) is 2. The van der Waals surface area contributed by atoms with Crippen LogP contribution in [-0.2, 0) is 12.8 Å². The highest BCUT2D eigenvalue weighted by atomic mass is 35.5. The van der Waals surface area contributed by atoms with E-state index >= 15 is 0 Å². The molecule has 0 aromatic heterocycles. The topological polar surface area (TPSA) is 35.2 Å². The lowest BCUT2D eigenvalue weighted by molar-refractivity contribution is 0.481. The van der Waals surface area contributed by atoms with Crippen molar-refractivity contribution in [2.24, 2.45) is 5.73 Å². The van der Waals surface area contributed by atoms with Crippen LogP contribution in [0.1, 0.15) is 24.0 Å². The molecule has 2 aromatic carbocycles. The van der Waals surface area contributed by atoms with Crippen molar-refractivity contribution < 1.29 is 4.74 Å². The average Bonchev–Trinajstić information content (AvgIpc) is 2.51. The summed E-state index contributed by atoms with van der Waals surface area (Å²) in [7, 11) is 1.50. The third-order valence-corrected chi connectivity index (χ3v) is 3.70. The summed E-state index contributed by atoms with van der Waals surface area (Å²) in [6.45, 7) is 0. The Balaban J connectivity index is 0.000000704. The molecule has 1 aliphatic carbocycles. The van der Waals surface area contributed by atoms with E-state index in [0.29, 0.717) is 5.02 Å². The fourth-order valence-corrected chi connectivity index (χ4v) is 2.60. The number of benzene rings is 2. The van der Waals surface area contributed by atoms with E-state index in [9.17, 15) is 0 Å². The third kappa shape index (κ3) is 3.53. The summed E-state index contributed by atoms with van der Waals surface area (Å²) in [6.07, 6.45) is 4.94. The minimum Gasteiger partial charge on any atom is -0.456 e. The summed E-state index contributed by atoms with van der Waals surface area (Å²) in [5, 5.41) is 0.648. The molecule has 0 saturated heterocycles. The largest absolute Gasteiger partial charge is 0.456 e. The lowest BCUT2D eigenvalue weighted by atomic mass is 9.92. The molecule has 2 aromatic rings. The van der Waals surface area contributed by atoms with Crippen LogP contribution in [-0.4, -0.2) is 7.05 Å². The summed E-state index contributed by atoms with van der Waals surface area (Å²) in [4.78, 5) is 0. The van der Waals surface area contributed by atoms with Gasteiger partial charge in [-0.1, -0.05) is 29.8 Å². The number of ether oxygens (including phenoxy) is 1. The Morgan fingerprint density at radius 3 is 2.40 bits per heavy atom. The molecule has 0 atom stereocenters. The van der Waals surface area contributed by atoms with Crippen molar-refractivity contribution in [2.45, 2.75) is 25.7 Å². The van der Waals surface area contributed by atoms with E-state index in [1.165, 1.54) is 37.4 Å². The van der Waals surface area contributed by atoms with Crippen molar-refractivity contribution in [2.75, 3.05) is 7.05 Å². The Kier molecular flexibility index (Phi) is 5.45. The zero-order valence-corrected chi connectivity index (χ0v) is 12.5. The normalized spacial score (nSPS) is 12.9. The van der Waals surface area contributed by atoms with Crippen LogP contribution in [0.4, 0.5) is 0 Å². The molecule has 0 unspecified atom stereocenters. The fourth-order valence-electron chi connectivity index (χ4n) is 2.43. The van der Waals surface area contributed by atoms with E-state index in [1.807, 2.05) is 30.3 Å². The third-order valence-electron chi connectivity index (χ3n) is 3.38. The Bertz CT molecular complexity index is 569. The maximum Gasteiger partial charge on any atom is 0.146 e. The molecule has 106 valence electrons. The SMILES string of the molecule is CN.Clc1ccccc1Oc1ccc2c(c1)CCCC2. The van der Waals surface area contributed by atoms with Gasteiger partial charge in [-0.15, -0.1) is 0 Å². The predicted octanol–water partition coefficient (Wildman–Crippen LogP) is 4.59. The number of aryl methyl sites for hydroxylation is 2. The Morgan fingerprint density at radius 2 is 1.65 bits per heavy atom. The van der Waals surface area contributed by atoms with E-state index in [2.05, 4.69) is 17.9 Å². The second-order valence-electron chi connectivity index (χ2n) is 4.67. The van der Waals surface area contributed by atoms with Crippen molar-refractivity contribution in [1.82, 2.24) is 0 Å². The molecule has 3 heteroatoms. The number of para-hydroxylation sites is 1. The van der Waals surface area contributed by atoms with Gasteiger partial charge in [-0.3, -0.25) is 0 Å². The molecule has 0 aliphatic heterocycles. The summed E-state index contributed by atoms with van der Waals surface area (Å²) in [6, 6.07) is 13.9. The van der Waals surface area contributed by atoms with Crippen LogP contribution in [0.2, 0.25) is 5.02 Å². The monoisotopic (exact) mass is 289 g/mol. The highest BCUT2D eigenvalue weighted by Crippen LogP contribution is 2.31. The number of fused-ring (bicyclic) bond motifs is 1. The van der Waals surface area contributed by atoms with Crippen molar-refractivity contribution >= 4 is 11.6 Å². The Labute approximate surface area is 125 Å². The van der Waals surface area contributed by atoms with Gasteiger partial charge in [0.25, 0.3) is 0 Å². The molecule has 2 nitrogen and oxygen atoms in total. The number of halogens is 1. The second kappa shape index (κ2) is 7.32. The highest BCUT2D eigenvalue weighted by molar-refractivity contribution is 6.32. The van der Waals surface area contributed by atoms with Crippen molar-refractivity contribution in [1.29, 1.82) is 0 Å². The minimum atomic E-state index is 0.648. The van der Waals surface area contributed by atoms with Gasteiger partial charge in [-0.25, -0.2) is 0 Å². The van der Waals surface area contributed by atoms with Gasteiger partial charge in [-0.05, 0) is 68.1 Å². The molecule has 1 aliphatic rings. The van der Waals surface area contributed by atoms with Crippen molar-refractivity contribution in [3.8, 4) is 11.5 Å². The van der Waals surface area contributed by atoms with Gasteiger partial charge in [0.1, 0.15) is 11.5 Å². The molecule has 0 amide bonds. The Morgan fingerprint density at radius 1 is 0.950 bits per heavy atom. The van der Waals surface area contributed by atoms with Gasteiger partial charge in [0.15, 0.2) is 0 Å². The highest BCUT2D eigenvalue weighted by Gasteiger charge is 2.10. The standard InChI is InChI=1S/C16H15ClO.CH5N/c17-15-7-3-4-8-16(15)18-14-10-9-12-5-1-2-6-13(12)11-14;1-2/h3-4,7-11H,1-2,5-6H2;2H2,1H3. The molecular weight excluding hydrogens is 270 g/mol. The minimum absolute atomic E-state index is 0.648. The van der Waals surface area contributed by atoms with Crippen LogP contribution in [0.3, 0.4) is 0 Å². The van der Waals surface area contributed by atoms with Gasteiger partial charge in [0, 0.05) is 0 Å². The fraction of sp³-hybridized carbons (Fsp3) is 0.294. The maximum atomic E-state index is 6.09. The van der Waals surface area contributed by atoms with Gasteiger partial charge in [0.05, 0.1) is 5.02 Å². The number of rotatable bonds is 2. The molecule has 3 rings (SSSR count). The average molecular weight is 290 g/mol. The number of nitrogens with two attached hydrogens (primary N) is 1. The first-order valence-electron chi connectivity index (χ1n) is 6.95. The van der Waals surface area contributed by atoms with Gasteiger partial charge < -0.3 is 10.5 Å². The zero-order chi connectivity index (χ0) is 14.4. The van der Waals surface area contributed by atoms with Gasteiger partial charge in [0.2, 0.25) is 0 Å².